The van der Waals surface area contributed by atoms with Gasteiger partial charge in [0.15, 0.2) is 0 Å². The number of hydrogen-bond donors (Lipinski definition) is 1. The number of imidazole rings is 1. The highest BCUT2D eigenvalue weighted by molar-refractivity contribution is 6.30. The van der Waals surface area contributed by atoms with Crippen molar-refractivity contribution in [2.75, 3.05) is 6.73 Å². The fourth-order valence-electron chi connectivity index (χ4n) is 2.37. The van der Waals surface area contributed by atoms with Crippen LogP contribution in [0.2, 0.25) is 5.02 Å². The van der Waals surface area contributed by atoms with Gasteiger partial charge in [0.05, 0.1) is 24.7 Å². The highest BCUT2D eigenvalue weighted by atomic mass is 35.5. The third-order valence-electron chi connectivity index (χ3n) is 3.50. The summed E-state index contributed by atoms with van der Waals surface area (Å²) in [5.41, 5.74) is 4.10. The number of fused-ring (bicyclic) bond motifs is 1. The Morgan fingerprint density at radius 1 is 1.23 bits per heavy atom. The first-order valence-electron chi connectivity index (χ1n) is 7.19. The monoisotopic (exact) mass is 315 g/mol. The first kappa shape index (κ1) is 15.0. The van der Waals surface area contributed by atoms with Crippen molar-refractivity contribution in [1.82, 2.24) is 14.7 Å². The van der Waals surface area contributed by atoms with Crippen LogP contribution in [-0.2, 0) is 17.9 Å². The summed E-state index contributed by atoms with van der Waals surface area (Å²) in [6.45, 7) is 3.78. The van der Waals surface area contributed by atoms with Gasteiger partial charge in [-0.2, -0.15) is 0 Å². The molecule has 0 aliphatic heterocycles. The molecule has 0 fully saturated rings. The zero-order chi connectivity index (χ0) is 15.4. The molecule has 0 amide bonds. The fourth-order valence-corrected chi connectivity index (χ4v) is 2.53. The topological polar surface area (TPSA) is 38.6 Å². The lowest BCUT2D eigenvalue weighted by Gasteiger charge is -2.07. The zero-order valence-electron chi connectivity index (χ0n) is 12.4. The Labute approximate surface area is 134 Å². The number of pyridine rings is 1. The Morgan fingerprint density at radius 3 is 2.86 bits per heavy atom. The van der Waals surface area contributed by atoms with Gasteiger partial charge in [0.1, 0.15) is 5.65 Å². The minimum absolute atomic E-state index is 0.495. The van der Waals surface area contributed by atoms with Gasteiger partial charge in [-0.25, -0.2) is 4.98 Å². The van der Waals surface area contributed by atoms with Crippen LogP contribution >= 0.6 is 11.6 Å². The molecule has 5 heteroatoms. The van der Waals surface area contributed by atoms with Gasteiger partial charge in [0.2, 0.25) is 0 Å². The third-order valence-corrected chi connectivity index (χ3v) is 3.74. The summed E-state index contributed by atoms with van der Waals surface area (Å²) in [6, 6.07) is 14.0. The van der Waals surface area contributed by atoms with Crippen LogP contribution in [0.1, 0.15) is 17.0 Å². The lowest BCUT2D eigenvalue weighted by molar-refractivity contribution is 0.0992. The van der Waals surface area contributed by atoms with Gasteiger partial charge >= 0.3 is 0 Å². The standard InChI is InChI=1S/C17H18ClN3O/c1-13-16(21-8-7-15(18)9-17(21)20-13)11-22-12-19-10-14-5-3-2-4-6-14/h2-9,19H,10-12H2,1H3. The van der Waals surface area contributed by atoms with E-state index < -0.39 is 0 Å². The quantitative estimate of drug-likeness (QED) is 0.558. The first-order valence-corrected chi connectivity index (χ1v) is 7.57. The van der Waals surface area contributed by atoms with E-state index in [0.29, 0.717) is 18.4 Å². The summed E-state index contributed by atoms with van der Waals surface area (Å²) >= 11 is 5.99. The maximum atomic E-state index is 5.99. The van der Waals surface area contributed by atoms with E-state index in [1.165, 1.54) is 5.56 Å². The molecule has 2 aromatic heterocycles. The molecular weight excluding hydrogens is 298 g/mol. The number of aryl methyl sites for hydroxylation is 1. The Balaban J connectivity index is 1.54. The van der Waals surface area contributed by atoms with E-state index in [0.717, 1.165) is 23.6 Å². The van der Waals surface area contributed by atoms with Crippen molar-refractivity contribution < 1.29 is 4.74 Å². The summed E-state index contributed by atoms with van der Waals surface area (Å²) in [7, 11) is 0. The minimum atomic E-state index is 0.495. The van der Waals surface area contributed by atoms with E-state index in [2.05, 4.69) is 22.4 Å². The van der Waals surface area contributed by atoms with Crippen LogP contribution in [0.25, 0.3) is 5.65 Å². The van der Waals surface area contributed by atoms with Crippen LogP contribution in [0.3, 0.4) is 0 Å². The summed E-state index contributed by atoms with van der Waals surface area (Å²) in [4.78, 5) is 4.50. The average molecular weight is 316 g/mol. The molecule has 0 saturated carbocycles. The molecule has 3 rings (SSSR count). The summed E-state index contributed by atoms with van der Waals surface area (Å²) in [5.74, 6) is 0. The van der Waals surface area contributed by atoms with Crippen LogP contribution in [-0.4, -0.2) is 16.1 Å². The molecule has 4 nitrogen and oxygen atoms in total. The van der Waals surface area contributed by atoms with Crippen LogP contribution in [0.4, 0.5) is 0 Å². The van der Waals surface area contributed by atoms with Gasteiger partial charge < -0.3 is 9.14 Å². The van der Waals surface area contributed by atoms with Crippen molar-refractivity contribution in [3.8, 4) is 0 Å². The number of rotatable bonds is 6. The molecule has 114 valence electrons. The highest BCUT2D eigenvalue weighted by Crippen LogP contribution is 2.17. The molecular formula is C17H18ClN3O. The average Bonchev–Trinajstić information content (AvgIpc) is 2.83. The molecule has 1 aromatic carbocycles. The third kappa shape index (κ3) is 3.47. The lowest BCUT2D eigenvalue weighted by atomic mass is 10.2. The number of aromatic nitrogens is 2. The lowest BCUT2D eigenvalue weighted by Crippen LogP contribution is -2.17. The second kappa shape index (κ2) is 6.92. The van der Waals surface area contributed by atoms with Gasteiger partial charge in [-0.05, 0) is 18.6 Å². The molecule has 0 bridgehead atoms. The first-order chi connectivity index (χ1) is 10.7. The predicted octanol–water partition coefficient (Wildman–Crippen LogP) is 3.56. The number of hydrogen-bond acceptors (Lipinski definition) is 3. The number of nitrogens with one attached hydrogen (secondary N) is 1. The highest BCUT2D eigenvalue weighted by Gasteiger charge is 2.08. The Kier molecular flexibility index (Phi) is 4.73. The number of halogens is 1. The summed E-state index contributed by atoms with van der Waals surface area (Å²) in [5, 5.41) is 3.96. The number of nitrogens with zero attached hydrogens (tertiary/aromatic N) is 2. The molecule has 1 N–H and O–H groups in total. The molecule has 0 aliphatic rings. The van der Waals surface area contributed by atoms with Gasteiger partial charge in [0.25, 0.3) is 0 Å². The van der Waals surface area contributed by atoms with Crippen molar-refractivity contribution in [2.24, 2.45) is 0 Å². The molecule has 0 radical (unpaired) electrons. The summed E-state index contributed by atoms with van der Waals surface area (Å²) < 4.78 is 7.73. The van der Waals surface area contributed by atoms with Gasteiger partial charge in [0, 0.05) is 23.8 Å². The molecule has 0 saturated heterocycles. The van der Waals surface area contributed by atoms with Crippen LogP contribution in [0.5, 0.6) is 0 Å². The molecule has 2 heterocycles. The van der Waals surface area contributed by atoms with Gasteiger partial charge in [-0.1, -0.05) is 41.9 Å². The van der Waals surface area contributed by atoms with Gasteiger partial charge in [-0.15, -0.1) is 0 Å². The summed E-state index contributed by atoms with van der Waals surface area (Å²) in [6.07, 6.45) is 1.92. The van der Waals surface area contributed by atoms with Crippen LogP contribution in [0.15, 0.2) is 48.7 Å². The molecule has 0 aliphatic carbocycles. The van der Waals surface area contributed by atoms with Crippen molar-refractivity contribution in [1.29, 1.82) is 0 Å². The molecule has 22 heavy (non-hydrogen) atoms. The zero-order valence-corrected chi connectivity index (χ0v) is 13.2. The molecule has 3 aromatic rings. The Morgan fingerprint density at radius 2 is 2.05 bits per heavy atom. The predicted molar refractivity (Wildman–Crippen MR) is 87.9 cm³/mol. The maximum absolute atomic E-state index is 5.99. The number of ether oxygens (including phenoxy) is 1. The van der Waals surface area contributed by atoms with Crippen molar-refractivity contribution in [3.63, 3.8) is 0 Å². The van der Waals surface area contributed by atoms with Crippen molar-refractivity contribution in [3.05, 3.63) is 70.6 Å². The van der Waals surface area contributed by atoms with E-state index >= 15 is 0 Å². The Hall–Kier alpha value is -1.88. The Bertz CT molecular complexity index is 755. The largest absolute Gasteiger partial charge is 0.360 e. The normalized spacial score (nSPS) is 11.2. The van der Waals surface area contributed by atoms with Gasteiger partial charge in [-0.3, -0.25) is 5.32 Å². The van der Waals surface area contributed by atoms with E-state index in [4.69, 9.17) is 16.3 Å². The van der Waals surface area contributed by atoms with Crippen LogP contribution in [0, 0.1) is 6.92 Å². The van der Waals surface area contributed by atoms with Crippen molar-refractivity contribution in [2.45, 2.75) is 20.1 Å². The number of benzene rings is 1. The van der Waals surface area contributed by atoms with E-state index in [1.807, 2.05) is 47.9 Å². The second-order valence-electron chi connectivity index (χ2n) is 5.12. The minimum Gasteiger partial charge on any atom is -0.360 e. The van der Waals surface area contributed by atoms with E-state index in [1.54, 1.807) is 0 Å². The maximum Gasteiger partial charge on any atom is 0.138 e. The molecule has 0 unspecified atom stereocenters. The van der Waals surface area contributed by atoms with E-state index in [-0.39, 0.29) is 0 Å². The van der Waals surface area contributed by atoms with Crippen molar-refractivity contribution >= 4 is 17.2 Å². The van der Waals surface area contributed by atoms with Crippen LogP contribution < -0.4 is 5.32 Å². The molecule has 0 atom stereocenters. The smallest absolute Gasteiger partial charge is 0.138 e. The van der Waals surface area contributed by atoms with E-state index in [9.17, 15) is 0 Å². The fraction of sp³-hybridized carbons (Fsp3) is 0.235. The SMILES string of the molecule is Cc1nc2cc(Cl)ccn2c1COCNCc1ccccc1. The molecule has 0 spiro atoms. The second-order valence-corrected chi connectivity index (χ2v) is 5.56.